The predicted molar refractivity (Wildman–Crippen MR) is 131 cm³/mol. The Hall–Kier alpha value is -3.92. The molecule has 0 aliphatic heterocycles. The SMILES string of the molecule is COC1=CC(C)C=C(Oc2ccc(Cc3ccc(Oc4ccc(OC)cc4)cc3)cc2)C=C1. The van der Waals surface area contributed by atoms with Crippen LogP contribution in [-0.4, -0.2) is 14.2 Å². The van der Waals surface area contributed by atoms with E-state index in [-0.39, 0.29) is 5.92 Å². The lowest BCUT2D eigenvalue weighted by atomic mass is 10.0. The molecule has 0 fully saturated rings. The maximum atomic E-state index is 6.05. The highest BCUT2D eigenvalue weighted by Gasteiger charge is 2.07. The maximum Gasteiger partial charge on any atom is 0.127 e. The van der Waals surface area contributed by atoms with E-state index < -0.39 is 0 Å². The molecule has 3 aromatic carbocycles. The zero-order chi connectivity index (χ0) is 23.0. The first-order valence-electron chi connectivity index (χ1n) is 10.9. The molecule has 0 saturated heterocycles. The van der Waals surface area contributed by atoms with Crippen LogP contribution in [0.3, 0.4) is 0 Å². The van der Waals surface area contributed by atoms with Crippen molar-refractivity contribution in [2.45, 2.75) is 13.3 Å². The summed E-state index contributed by atoms with van der Waals surface area (Å²) in [6, 6.07) is 23.9. The molecular formula is C29H28O4. The van der Waals surface area contributed by atoms with Gasteiger partial charge in [0.05, 0.1) is 14.2 Å². The van der Waals surface area contributed by atoms with Crippen LogP contribution in [0.2, 0.25) is 0 Å². The fourth-order valence-corrected chi connectivity index (χ4v) is 3.55. The van der Waals surface area contributed by atoms with Gasteiger partial charge in [0.2, 0.25) is 0 Å². The van der Waals surface area contributed by atoms with E-state index in [9.17, 15) is 0 Å². The predicted octanol–water partition coefficient (Wildman–Crippen LogP) is 7.08. The number of hydrogen-bond donors (Lipinski definition) is 0. The van der Waals surface area contributed by atoms with Crippen LogP contribution in [0.5, 0.6) is 23.0 Å². The molecule has 33 heavy (non-hydrogen) atoms. The van der Waals surface area contributed by atoms with Gasteiger partial charge in [-0.3, -0.25) is 0 Å². The lowest BCUT2D eigenvalue weighted by Crippen LogP contribution is -1.95. The molecule has 0 aromatic heterocycles. The van der Waals surface area contributed by atoms with Gasteiger partial charge in [-0.2, -0.15) is 0 Å². The van der Waals surface area contributed by atoms with E-state index in [2.05, 4.69) is 43.3 Å². The van der Waals surface area contributed by atoms with Gasteiger partial charge < -0.3 is 18.9 Å². The number of benzene rings is 3. The van der Waals surface area contributed by atoms with Crippen molar-refractivity contribution < 1.29 is 18.9 Å². The third-order valence-electron chi connectivity index (χ3n) is 5.29. The van der Waals surface area contributed by atoms with Gasteiger partial charge in [0.15, 0.2) is 0 Å². The van der Waals surface area contributed by atoms with Crippen LogP contribution in [0.1, 0.15) is 18.1 Å². The van der Waals surface area contributed by atoms with E-state index in [1.54, 1.807) is 14.2 Å². The summed E-state index contributed by atoms with van der Waals surface area (Å²) in [6.07, 6.45) is 8.83. The smallest absolute Gasteiger partial charge is 0.127 e. The van der Waals surface area contributed by atoms with Crippen molar-refractivity contribution in [1.82, 2.24) is 0 Å². The summed E-state index contributed by atoms with van der Waals surface area (Å²) in [4.78, 5) is 0. The summed E-state index contributed by atoms with van der Waals surface area (Å²) in [5, 5.41) is 0. The van der Waals surface area contributed by atoms with Crippen LogP contribution in [-0.2, 0) is 11.2 Å². The average Bonchev–Trinajstić information content (AvgIpc) is 3.02. The zero-order valence-electron chi connectivity index (χ0n) is 19.2. The van der Waals surface area contributed by atoms with Crippen molar-refractivity contribution in [3.8, 4) is 23.0 Å². The molecule has 0 bridgehead atoms. The molecule has 3 aromatic rings. The second-order valence-corrected chi connectivity index (χ2v) is 7.88. The van der Waals surface area contributed by atoms with Gasteiger partial charge in [0, 0.05) is 0 Å². The van der Waals surface area contributed by atoms with Crippen molar-refractivity contribution in [3.63, 3.8) is 0 Å². The van der Waals surface area contributed by atoms with E-state index in [1.165, 1.54) is 11.1 Å². The Bertz CT molecular complexity index is 1140. The van der Waals surface area contributed by atoms with Gasteiger partial charge in [0.25, 0.3) is 0 Å². The highest BCUT2D eigenvalue weighted by molar-refractivity contribution is 5.39. The van der Waals surface area contributed by atoms with Crippen molar-refractivity contribution >= 4 is 0 Å². The second kappa shape index (κ2) is 10.6. The molecule has 4 heteroatoms. The number of ether oxygens (including phenoxy) is 4. The van der Waals surface area contributed by atoms with Crippen LogP contribution in [0.4, 0.5) is 0 Å². The van der Waals surface area contributed by atoms with Gasteiger partial charge in [-0.1, -0.05) is 31.2 Å². The minimum absolute atomic E-state index is 0.237. The third kappa shape index (κ3) is 6.30. The lowest BCUT2D eigenvalue weighted by molar-refractivity contribution is 0.304. The molecule has 0 N–H and O–H groups in total. The van der Waals surface area contributed by atoms with Gasteiger partial charge in [-0.25, -0.2) is 0 Å². The van der Waals surface area contributed by atoms with Crippen molar-refractivity contribution in [3.05, 3.63) is 120 Å². The molecule has 168 valence electrons. The largest absolute Gasteiger partial charge is 0.497 e. The van der Waals surface area contributed by atoms with Crippen LogP contribution >= 0.6 is 0 Å². The Labute approximate surface area is 195 Å². The van der Waals surface area contributed by atoms with Crippen LogP contribution in [0.15, 0.2) is 109 Å². The van der Waals surface area contributed by atoms with Crippen LogP contribution in [0, 0.1) is 5.92 Å². The van der Waals surface area contributed by atoms with Crippen LogP contribution < -0.4 is 14.2 Å². The quantitative estimate of drug-likeness (QED) is 0.375. The molecule has 4 rings (SSSR count). The Morgan fingerprint density at radius 2 is 1.00 bits per heavy atom. The first-order valence-corrected chi connectivity index (χ1v) is 10.9. The van der Waals surface area contributed by atoms with Crippen LogP contribution in [0.25, 0.3) is 0 Å². The Kier molecular flexibility index (Phi) is 7.16. The number of hydrogen-bond acceptors (Lipinski definition) is 4. The second-order valence-electron chi connectivity index (χ2n) is 7.88. The molecule has 1 atom stereocenters. The fourth-order valence-electron chi connectivity index (χ4n) is 3.55. The highest BCUT2D eigenvalue weighted by atomic mass is 16.5. The number of rotatable bonds is 8. The van der Waals surface area contributed by atoms with Crippen molar-refractivity contribution in [2.24, 2.45) is 5.92 Å². The molecule has 1 aliphatic carbocycles. The van der Waals surface area contributed by atoms with E-state index in [1.807, 2.05) is 60.7 Å². The molecular weight excluding hydrogens is 412 g/mol. The summed E-state index contributed by atoms with van der Waals surface area (Å²) in [5.74, 6) is 5.09. The minimum Gasteiger partial charge on any atom is -0.497 e. The molecule has 4 nitrogen and oxygen atoms in total. The monoisotopic (exact) mass is 440 g/mol. The third-order valence-corrected chi connectivity index (χ3v) is 5.29. The first-order chi connectivity index (χ1) is 16.1. The number of allylic oxidation sites excluding steroid dienone is 4. The standard InChI is InChI=1S/C29H28O4/c1-21-18-28(31-3)16-17-29(19-21)33-26-10-6-23(7-11-26)20-22-4-8-25(9-5-22)32-27-14-12-24(30-2)13-15-27/h4-19,21H,20H2,1-3H3. The first kappa shape index (κ1) is 22.3. The van der Waals surface area contributed by atoms with Gasteiger partial charge in [-0.05, 0) is 96.3 Å². The molecule has 1 aliphatic rings. The lowest BCUT2D eigenvalue weighted by Gasteiger charge is -2.09. The average molecular weight is 441 g/mol. The number of methoxy groups -OCH3 is 2. The molecule has 1 unspecified atom stereocenters. The van der Waals surface area contributed by atoms with E-state index in [4.69, 9.17) is 18.9 Å². The van der Waals surface area contributed by atoms with Gasteiger partial charge in [0.1, 0.15) is 34.5 Å². The molecule has 0 radical (unpaired) electrons. The fraction of sp³-hybridized carbons (Fsp3) is 0.172. The highest BCUT2D eigenvalue weighted by Crippen LogP contribution is 2.25. The molecule has 0 saturated carbocycles. The zero-order valence-corrected chi connectivity index (χ0v) is 19.2. The molecule has 0 amide bonds. The minimum atomic E-state index is 0.237. The maximum absolute atomic E-state index is 6.05. The summed E-state index contributed by atoms with van der Waals surface area (Å²) in [7, 11) is 3.33. The normalized spacial score (nSPS) is 15.2. The Balaban J connectivity index is 1.34. The van der Waals surface area contributed by atoms with Gasteiger partial charge in [-0.15, -0.1) is 0 Å². The summed E-state index contributed by atoms with van der Waals surface area (Å²) in [6.45, 7) is 2.10. The van der Waals surface area contributed by atoms with Gasteiger partial charge >= 0.3 is 0 Å². The van der Waals surface area contributed by atoms with Crippen molar-refractivity contribution in [1.29, 1.82) is 0 Å². The summed E-state index contributed by atoms with van der Waals surface area (Å²) >= 11 is 0. The van der Waals surface area contributed by atoms with Crippen molar-refractivity contribution in [2.75, 3.05) is 14.2 Å². The summed E-state index contributed by atoms with van der Waals surface area (Å²) in [5.41, 5.74) is 2.43. The Morgan fingerprint density at radius 3 is 1.55 bits per heavy atom. The van der Waals surface area contributed by atoms with E-state index >= 15 is 0 Å². The summed E-state index contributed by atoms with van der Waals surface area (Å²) < 4.78 is 22.5. The van der Waals surface area contributed by atoms with E-state index in [0.717, 1.165) is 40.9 Å². The molecule has 0 spiro atoms. The Morgan fingerprint density at radius 1 is 0.545 bits per heavy atom. The van der Waals surface area contributed by atoms with E-state index in [0.29, 0.717) is 0 Å². The molecule has 0 heterocycles. The topological polar surface area (TPSA) is 36.9 Å².